The van der Waals surface area contributed by atoms with Crippen LogP contribution in [0.5, 0.6) is 0 Å². The molecule has 0 bridgehead atoms. The summed E-state index contributed by atoms with van der Waals surface area (Å²) in [7, 11) is 4.17. The minimum atomic E-state index is 0.905. The van der Waals surface area contributed by atoms with Crippen molar-refractivity contribution in [2.45, 2.75) is 26.9 Å². The van der Waals surface area contributed by atoms with Crippen LogP contribution in [0.2, 0.25) is 0 Å². The van der Waals surface area contributed by atoms with E-state index in [-0.39, 0.29) is 0 Å². The van der Waals surface area contributed by atoms with E-state index in [0.717, 1.165) is 31.9 Å². The topological polar surface area (TPSA) is 33.1 Å². The quantitative estimate of drug-likeness (QED) is 0.707. The van der Waals surface area contributed by atoms with Crippen LogP contribution in [0.1, 0.15) is 18.3 Å². The van der Waals surface area contributed by atoms with Gasteiger partial charge in [-0.05, 0) is 34.0 Å². The fraction of sp³-hybridized carbons (Fsp3) is 0.727. The highest BCUT2D eigenvalue weighted by molar-refractivity contribution is 5.08. The average molecular weight is 210 g/mol. The second kappa shape index (κ2) is 5.88. The van der Waals surface area contributed by atoms with Crippen LogP contribution in [-0.2, 0) is 13.1 Å². The fourth-order valence-corrected chi connectivity index (χ4v) is 1.53. The van der Waals surface area contributed by atoms with E-state index in [4.69, 9.17) is 0 Å². The van der Waals surface area contributed by atoms with Gasteiger partial charge in [0.15, 0.2) is 0 Å². The molecule has 1 aromatic heterocycles. The molecule has 0 spiro atoms. The molecule has 0 fully saturated rings. The first-order valence-corrected chi connectivity index (χ1v) is 5.52. The monoisotopic (exact) mass is 210 g/mol. The Morgan fingerprint density at radius 1 is 1.47 bits per heavy atom. The van der Waals surface area contributed by atoms with E-state index in [2.05, 4.69) is 47.1 Å². The molecule has 4 nitrogen and oxygen atoms in total. The first-order valence-electron chi connectivity index (χ1n) is 5.52. The van der Waals surface area contributed by atoms with Crippen molar-refractivity contribution in [3.05, 3.63) is 17.5 Å². The zero-order chi connectivity index (χ0) is 11.3. The molecule has 0 amide bonds. The zero-order valence-corrected chi connectivity index (χ0v) is 10.2. The van der Waals surface area contributed by atoms with Crippen molar-refractivity contribution >= 4 is 0 Å². The second-order valence-corrected chi connectivity index (χ2v) is 4.07. The second-order valence-electron chi connectivity index (χ2n) is 4.07. The predicted molar refractivity (Wildman–Crippen MR) is 62.9 cm³/mol. The van der Waals surface area contributed by atoms with Crippen LogP contribution in [0, 0.1) is 6.92 Å². The maximum atomic E-state index is 4.41. The van der Waals surface area contributed by atoms with Gasteiger partial charge >= 0.3 is 0 Å². The highest BCUT2D eigenvalue weighted by Gasteiger charge is 2.02. The molecule has 0 aliphatic heterocycles. The maximum absolute atomic E-state index is 4.41. The van der Waals surface area contributed by atoms with Gasteiger partial charge in [-0.25, -0.2) is 0 Å². The van der Waals surface area contributed by atoms with Crippen LogP contribution in [0.4, 0.5) is 0 Å². The van der Waals surface area contributed by atoms with Gasteiger partial charge in [0.05, 0.1) is 11.4 Å². The summed E-state index contributed by atoms with van der Waals surface area (Å²) in [5.41, 5.74) is 2.37. The van der Waals surface area contributed by atoms with Crippen molar-refractivity contribution < 1.29 is 0 Å². The van der Waals surface area contributed by atoms with E-state index in [9.17, 15) is 0 Å². The number of nitrogens with one attached hydrogen (secondary N) is 1. The molecule has 0 aliphatic rings. The minimum Gasteiger partial charge on any atom is -0.310 e. The number of aromatic nitrogens is 2. The summed E-state index contributed by atoms with van der Waals surface area (Å²) in [5.74, 6) is 0. The molecule has 1 aromatic rings. The normalized spacial score (nSPS) is 11.3. The Balaban J connectivity index is 2.36. The smallest absolute Gasteiger partial charge is 0.0597 e. The lowest BCUT2D eigenvalue weighted by molar-refractivity contribution is 0.398. The van der Waals surface area contributed by atoms with E-state index in [1.54, 1.807) is 0 Å². The number of hydrogen-bond donors (Lipinski definition) is 1. The number of likely N-dealkylation sites (N-methyl/N-ethyl adjacent to an activating group) is 1. The lowest BCUT2D eigenvalue weighted by Gasteiger charge is -2.10. The third-order valence-corrected chi connectivity index (χ3v) is 2.33. The lowest BCUT2D eigenvalue weighted by atomic mass is 10.3. The van der Waals surface area contributed by atoms with Crippen molar-refractivity contribution in [3.8, 4) is 0 Å². The third kappa shape index (κ3) is 4.01. The third-order valence-electron chi connectivity index (χ3n) is 2.33. The molecule has 1 heterocycles. The van der Waals surface area contributed by atoms with Gasteiger partial charge in [-0.1, -0.05) is 0 Å². The molecular formula is C11H22N4. The molecule has 0 aromatic carbocycles. The Morgan fingerprint density at radius 2 is 2.20 bits per heavy atom. The number of aryl methyl sites for hydroxylation is 2. The van der Waals surface area contributed by atoms with Gasteiger partial charge in [0.1, 0.15) is 0 Å². The van der Waals surface area contributed by atoms with E-state index in [1.165, 1.54) is 5.69 Å². The van der Waals surface area contributed by atoms with Crippen molar-refractivity contribution in [3.63, 3.8) is 0 Å². The van der Waals surface area contributed by atoms with Crippen LogP contribution in [0.3, 0.4) is 0 Å². The van der Waals surface area contributed by atoms with Gasteiger partial charge in [0.2, 0.25) is 0 Å². The van der Waals surface area contributed by atoms with E-state index in [1.807, 2.05) is 6.92 Å². The molecule has 0 unspecified atom stereocenters. The largest absolute Gasteiger partial charge is 0.310 e. The van der Waals surface area contributed by atoms with Gasteiger partial charge in [-0.3, -0.25) is 4.68 Å². The Labute approximate surface area is 92.3 Å². The average Bonchev–Trinajstić information content (AvgIpc) is 2.53. The summed E-state index contributed by atoms with van der Waals surface area (Å²) in [6, 6.07) is 2.14. The number of rotatable bonds is 6. The molecule has 0 saturated heterocycles. The molecule has 0 atom stereocenters. The van der Waals surface area contributed by atoms with Gasteiger partial charge < -0.3 is 10.2 Å². The Morgan fingerprint density at radius 3 is 2.80 bits per heavy atom. The van der Waals surface area contributed by atoms with Crippen LogP contribution in [-0.4, -0.2) is 41.9 Å². The van der Waals surface area contributed by atoms with Crippen molar-refractivity contribution in [2.75, 3.05) is 27.2 Å². The molecule has 15 heavy (non-hydrogen) atoms. The van der Waals surface area contributed by atoms with Crippen LogP contribution >= 0.6 is 0 Å². The molecular weight excluding hydrogens is 188 g/mol. The highest BCUT2D eigenvalue weighted by Crippen LogP contribution is 2.02. The molecule has 1 N–H and O–H groups in total. The molecule has 0 radical (unpaired) electrons. The van der Waals surface area contributed by atoms with E-state index < -0.39 is 0 Å². The van der Waals surface area contributed by atoms with Gasteiger partial charge in [-0.15, -0.1) is 0 Å². The maximum Gasteiger partial charge on any atom is 0.0597 e. The summed E-state index contributed by atoms with van der Waals surface area (Å²) >= 11 is 0. The van der Waals surface area contributed by atoms with Crippen molar-refractivity contribution in [2.24, 2.45) is 0 Å². The van der Waals surface area contributed by atoms with Crippen molar-refractivity contribution in [1.82, 2.24) is 20.0 Å². The highest BCUT2D eigenvalue weighted by atomic mass is 15.3. The summed E-state index contributed by atoms with van der Waals surface area (Å²) in [4.78, 5) is 2.18. The van der Waals surface area contributed by atoms with Gasteiger partial charge in [-0.2, -0.15) is 5.10 Å². The predicted octanol–water partition coefficient (Wildman–Crippen LogP) is 0.863. The zero-order valence-electron chi connectivity index (χ0n) is 10.2. The van der Waals surface area contributed by atoms with Crippen molar-refractivity contribution in [1.29, 1.82) is 0 Å². The summed E-state index contributed by atoms with van der Waals surface area (Å²) in [6.07, 6.45) is 0. The summed E-state index contributed by atoms with van der Waals surface area (Å²) < 4.78 is 2.05. The minimum absolute atomic E-state index is 0.905. The van der Waals surface area contributed by atoms with Gasteiger partial charge in [0, 0.05) is 26.2 Å². The van der Waals surface area contributed by atoms with Crippen LogP contribution in [0.25, 0.3) is 0 Å². The SMILES string of the molecule is CCn1nc(C)cc1CNCCN(C)C. The van der Waals surface area contributed by atoms with E-state index >= 15 is 0 Å². The van der Waals surface area contributed by atoms with Crippen LogP contribution < -0.4 is 5.32 Å². The number of hydrogen-bond acceptors (Lipinski definition) is 3. The molecule has 4 heteroatoms. The van der Waals surface area contributed by atoms with Gasteiger partial charge in [0.25, 0.3) is 0 Å². The summed E-state index contributed by atoms with van der Waals surface area (Å²) in [6.45, 7) is 8.09. The fourth-order valence-electron chi connectivity index (χ4n) is 1.53. The summed E-state index contributed by atoms with van der Waals surface area (Å²) in [5, 5.41) is 7.83. The number of nitrogens with zero attached hydrogens (tertiary/aromatic N) is 3. The lowest BCUT2D eigenvalue weighted by Crippen LogP contribution is -2.27. The first kappa shape index (κ1) is 12.2. The Bertz CT molecular complexity index is 291. The molecule has 1 rings (SSSR count). The first-order chi connectivity index (χ1) is 7.13. The standard InChI is InChI=1S/C11H22N4/c1-5-15-11(8-10(2)13-15)9-12-6-7-14(3)4/h8,12H,5-7,9H2,1-4H3. The molecule has 0 saturated carbocycles. The van der Waals surface area contributed by atoms with Crippen LogP contribution in [0.15, 0.2) is 6.07 Å². The Kier molecular flexibility index (Phi) is 4.78. The molecule has 86 valence electrons. The Hall–Kier alpha value is -0.870. The van der Waals surface area contributed by atoms with E-state index in [0.29, 0.717) is 0 Å². The molecule has 0 aliphatic carbocycles.